The molecule has 102 valence electrons. The van der Waals surface area contributed by atoms with E-state index < -0.39 is 0 Å². The van der Waals surface area contributed by atoms with Gasteiger partial charge in [0.25, 0.3) is 0 Å². The lowest BCUT2D eigenvalue weighted by atomic mass is 10.1. The molecule has 0 bridgehead atoms. The van der Waals surface area contributed by atoms with Gasteiger partial charge in [-0.25, -0.2) is 0 Å². The van der Waals surface area contributed by atoms with Gasteiger partial charge in [0.2, 0.25) is 0 Å². The SMILES string of the molecule is CCn1cc(CN2CCC(OCCBr)CC2)cn1. The van der Waals surface area contributed by atoms with Crippen LogP contribution in [0.2, 0.25) is 0 Å². The number of hydrogen-bond acceptors (Lipinski definition) is 3. The highest BCUT2D eigenvalue weighted by atomic mass is 79.9. The fourth-order valence-electron chi connectivity index (χ4n) is 2.36. The highest BCUT2D eigenvalue weighted by Gasteiger charge is 2.19. The molecule has 0 saturated carbocycles. The topological polar surface area (TPSA) is 30.3 Å². The monoisotopic (exact) mass is 315 g/mol. The first-order valence-corrected chi connectivity index (χ1v) is 7.85. The smallest absolute Gasteiger partial charge is 0.0599 e. The van der Waals surface area contributed by atoms with Gasteiger partial charge in [-0.1, -0.05) is 15.9 Å². The summed E-state index contributed by atoms with van der Waals surface area (Å²) in [4.78, 5) is 2.49. The molecule has 0 amide bonds. The highest BCUT2D eigenvalue weighted by Crippen LogP contribution is 2.16. The Morgan fingerprint density at radius 3 is 2.83 bits per heavy atom. The Morgan fingerprint density at radius 2 is 2.22 bits per heavy atom. The summed E-state index contributed by atoms with van der Waals surface area (Å²) < 4.78 is 7.75. The minimum Gasteiger partial charge on any atom is -0.377 e. The number of likely N-dealkylation sites (tertiary alicyclic amines) is 1. The van der Waals surface area contributed by atoms with Crippen molar-refractivity contribution >= 4 is 15.9 Å². The second-order valence-electron chi connectivity index (χ2n) is 4.74. The highest BCUT2D eigenvalue weighted by molar-refractivity contribution is 9.09. The van der Waals surface area contributed by atoms with Crippen molar-refractivity contribution in [2.75, 3.05) is 25.0 Å². The zero-order chi connectivity index (χ0) is 12.8. The predicted octanol–water partition coefficient (Wildman–Crippen LogP) is 2.28. The Kier molecular flexibility index (Phi) is 5.66. The number of piperidine rings is 1. The maximum absolute atomic E-state index is 5.76. The first kappa shape index (κ1) is 14.0. The fourth-order valence-corrected chi connectivity index (χ4v) is 2.55. The van der Waals surface area contributed by atoms with Crippen LogP contribution in [0, 0.1) is 0 Å². The first-order valence-electron chi connectivity index (χ1n) is 6.73. The van der Waals surface area contributed by atoms with Gasteiger partial charge in [-0.05, 0) is 19.8 Å². The molecular weight excluding hydrogens is 294 g/mol. The van der Waals surface area contributed by atoms with Crippen LogP contribution in [0.4, 0.5) is 0 Å². The summed E-state index contributed by atoms with van der Waals surface area (Å²) in [6, 6.07) is 0. The zero-order valence-electron chi connectivity index (χ0n) is 11.0. The number of ether oxygens (including phenoxy) is 1. The van der Waals surface area contributed by atoms with E-state index in [4.69, 9.17) is 4.74 Å². The molecule has 1 aliphatic rings. The summed E-state index contributed by atoms with van der Waals surface area (Å²) in [6.07, 6.45) is 6.88. The van der Waals surface area contributed by atoms with Crippen LogP contribution in [-0.4, -0.2) is 45.8 Å². The Labute approximate surface area is 117 Å². The van der Waals surface area contributed by atoms with Crippen LogP contribution in [0.1, 0.15) is 25.3 Å². The van der Waals surface area contributed by atoms with Crippen molar-refractivity contribution in [2.45, 2.75) is 39.0 Å². The van der Waals surface area contributed by atoms with Crippen LogP contribution in [0.5, 0.6) is 0 Å². The lowest BCUT2D eigenvalue weighted by Gasteiger charge is -2.31. The van der Waals surface area contributed by atoms with Crippen LogP contribution in [0.3, 0.4) is 0 Å². The molecule has 0 N–H and O–H groups in total. The molecule has 1 aromatic rings. The number of aromatic nitrogens is 2. The zero-order valence-corrected chi connectivity index (χ0v) is 12.6. The molecule has 0 radical (unpaired) electrons. The van der Waals surface area contributed by atoms with E-state index in [-0.39, 0.29) is 0 Å². The second-order valence-corrected chi connectivity index (χ2v) is 5.53. The number of hydrogen-bond donors (Lipinski definition) is 0. The number of nitrogens with zero attached hydrogens (tertiary/aromatic N) is 3. The number of halogens is 1. The van der Waals surface area contributed by atoms with Gasteiger partial charge in [0.15, 0.2) is 0 Å². The largest absolute Gasteiger partial charge is 0.377 e. The molecule has 4 nitrogen and oxygen atoms in total. The second kappa shape index (κ2) is 7.26. The lowest BCUT2D eigenvalue weighted by Crippen LogP contribution is -2.36. The van der Waals surface area contributed by atoms with E-state index in [1.807, 2.05) is 10.9 Å². The van der Waals surface area contributed by atoms with E-state index in [1.54, 1.807) is 0 Å². The van der Waals surface area contributed by atoms with Crippen LogP contribution in [0.15, 0.2) is 12.4 Å². The third-order valence-electron chi connectivity index (χ3n) is 3.38. The summed E-state index contributed by atoms with van der Waals surface area (Å²) in [6.45, 7) is 7.17. The summed E-state index contributed by atoms with van der Waals surface area (Å²) >= 11 is 3.40. The molecule has 0 aromatic carbocycles. The Hall–Kier alpha value is -0.390. The first-order chi connectivity index (χ1) is 8.81. The van der Waals surface area contributed by atoms with E-state index in [9.17, 15) is 0 Å². The average molecular weight is 316 g/mol. The molecule has 0 atom stereocenters. The van der Waals surface area contributed by atoms with E-state index in [1.165, 1.54) is 5.56 Å². The molecule has 1 aromatic heterocycles. The Morgan fingerprint density at radius 1 is 1.44 bits per heavy atom. The van der Waals surface area contributed by atoms with Gasteiger partial charge in [0.05, 0.1) is 18.9 Å². The van der Waals surface area contributed by atoms with E-state index in [0.29, 0.717) is 6.10 Å². The third kappa shape index (κ3) is 4.07. The lowest BCUT2D eigenvalue weighted by molar-refractivity contribution is 0.0141. The minimum absolute atomic E-state index is 0.456. The van der Waals surface area contributed by atoms with Crippen LogP contribution in [-0.2, 0) is 17.8 Å². The fraction of sp³-hybridized carbons (Fsp3) is 0.769. The molecule has 0 unspecified atom stereocenters. The van der Waals surface area contributed by atoms with Crippen molar-refractivity contribution in [1.29, 1.82) is 0 Å². The molecule has 0 aliphatic carbocycles. The van der Waals surface area contributed by atoms with Gasteiger partial charge in [0.1, 0.15) is 0 Å². The van der Waals surface area contributed by atoms with Gasteiger partial charge in [-0.3, -0.25) is 9.58 Å². The van der Waals surface area contributed by atoms with Gasteiger partial charge in [-0.15, -0.1) is 0 Å². The van der Waals surface area contributed by atoms with Gasteiger partial charge in [-0.2, -0.15) is 5.10 Å². The van der Waals surface area contributed by atoms with Crippen molar-refractivity contribution in [1.82, 2.24) is 14.7 Å². The standard InChI is InChI=1S/C13H22BrN3O/c1-2-17-11-12(9-15-17)10-16-6-3-13(4-7-16)18-8-5-14/h9,11,13H,2-8,10H2,1H3. The molecular formula is C13H22BrN3O. The maximum atomic E-state index is 5.76. The minimum atomic E-state index is 0.456. The van der Waals surface area contributed by atoms with Crippen molar-refractivity contribution in [3.05, 3.63) is 18.0 Å². The Bertz CT molecular complexity index is 348. The number of rotatable bonds is 6. The van der Waals surface area contributed by atoms with Crippen LogP contribution >= 0.6 is 15.9 Å². The molecule has 1 fully saturated rings. The molecule has 2 heterocycles. The maximum Gasteiger partial charge on any atom is 0.0599 e. The molecule has 2 rings (SSSR count). The molecule has 0 spiro atoms. The van der Waals surface area contributed by atoms with E-state index >= 15 is 0 Å². The molecule has 1 saturated heterocycles. The van der Waals surface area contributed by atoms with Gasteiger partial charge >= 0.3 is 0 Å². The average Bonchev–Trinajstić information content (AvgIpc) is 2.86. The van der Waals surface area contributed by atoms with Crippen molar-refractivity contribution in [3.8, 4) is 0 Å². The summed E-state index contributed by atoms with van der Waals surface area (Å²) in [5, 5.41) is 5.25. The molecule has 5 heteroatoms. The van der Waals surface area contributed by atoms with Gasteiger partial charge in [0, 0.05) is 43.3 Å². The van der Waals surface area contributed by atoms with Crippen molar-refractivity contribution in [2.24, 2.45) is 0 Å². The normalized spacial score (nSPS) is 18.3. The summed E-state index contributed by atoms with van der Waals surface area (Å²) in [5.41, 5.74) is 1.32. The number of alkyl halides is 1. The quantitative estimate of drug-likeness (QED) is 0.754. The predicted molar refractivity (Wildman–Crippen MR) is 75.9 cm³/mol. The number of aryl methyl sites for hydroxylation is 1. The van der Waals surface area contributed by atoms with Crippen LogP contribution in [0.25, 0.3) is 0 Å². The van der Waals surface area contributed by atoms with Crippen molar-refractivity contribution < 1.29 is 4.74 Å². The molecule has 1 aliphatic heterocycles. The summed E-state index contributed by atoms with van der Waals surface area (Å²) in [5.74, 6) is 0. The third-order valence-corrected chi connectivity index (χ3v) is 3.71. The van der Waals surface area contributed by atoms with Crippen LogP contribution < -0.4 is 0 Å². The van der Waals surface area contributed by atoms with E-state index in [2.05, 4.69) is 39.0 Å². The molecule has 18 heavy (non-hydrogen) atoms. The van der Waals surface area contributed by atoms with Crippen molar-refractivity contribution in [3.63, 3.8) is 0 Å². The summed E-state index contributed by atoms with van der Waals surface area (Å²) in [7, 11) is 0. The Balaban J connectivity index is 1.73. The van der Waals surface area contributed by atoms with Gasteiger partial charge < -0.3 is 4.74 Å². The van der Waals surface area contributed by atoms with E-state index in [0.717, 1.165) is 51.0 Å².